The van der Waals surface area contributed by atoms with Crippen molar-refractivity contribution in [2.45, 2.75) is 45.6 Å². The second kappa shape index (κ2) is 4.35. The van der Waals surface area contributed by atoms with E-state index in [-0.39, 0.29) is 17.2 Å². The van der Waals surface area contributed by atoms with Gasteiger partial charge in [0.1, 0.15) is 5.56 Å². The van der Waals surface area contributed by atoms with Gasteiger partial charge in [-0.25, -0.2) is 4.79 Å². The normalized spacial score (nSPS) is 15.6. The lowest BCUT2D eigenvalue weighted by Crippen LogP contribution is -2.31. The Morgan fingerprint density at radius 1 is 1.53 bits per heavy atom. The number of fused-ring (bicyclic) bond motifs is 1. The molecule has 1 N–H and O–H groups in total. The molecule has 1 unspecified atom stereocenters. The van der Waals surface area contributed by atoms with Gasteiger partial charge in [0, 0.05) is 11.7 Å². The van der Waals surface area contributed by atoms with Gasteiger partial charge < -0.3 is 9.67 Å². The van der Waals surface area contributed by atoms with E-state index in [4.69, 9.17) is 5.11 Å². The molecule has 0 aliphatic heterocycles. The van der Waals surface area contributed by atoms with E-state index in [1.807, 2.05) is 13.8 Å². The van der Waals surface area contributed by atoms with Crippen LogP contribution in [0.1, 0.15) is 54.3 Å². The predicted molar refractivity (Wildman–Crippen MR) is 64.7 cm³/mol. The fraction of sp³-hybridized carbons (Fsp3) is 0.538. The predicted octanol–water partition coefficient (Wildman–Crippen LogP) is 2.01. The fourth-order valence-electron chi connectivity index (χ4n) is 2.47. The number of carboxylic acids is 1. The standard InChI is InChI=1S/C13H17NO3/c1-3-8(2)14-11-6-4-5-9(11)7-10(12(14)15)13(16)17/h7-8H,3-6H2,1-2H3,(H,16,17). The Bertz CT molecular complexity index is 516. The molecule has 0 saturated carbocycles. The summed E-state index contributed by atoms with van der Waals surface area (Å²) in [6, 6.07) is 1.62. The highest BCUT2D eigenvalue weighted by Gasteiger charge is 2.23. The van der Waals surface area contributed by atoms with Gasteiger partial charge in [0.05, 0.1) is 0 Å². The largest absolute Gasteiger partial charge is 0.477 e. The maximum absolute atomic E-state index is 12.2. The molecule has 17 heavy (non-hydrogen) atoms. The van der Waals surface area contributed by atoms with Gasteiger partial charge in [-0.1, -0.05) is 6.92 Å². The monoisotopic (exact) mass is 235 g/mol. The van der Waals surface area contributed by atoms with Crippen molar-refractivity contribution in [2.75, 3.05) is 0 Å². The van der Waals surface area contributed by atoms with Gasteiger partial charge in [-0.05, 0) is 44.2 Å². The van der Waals surface area contributed by atoms with E-state index in [0.717, 1.165) is 36.9 Å². The smallest absolute Gasteiger partial charge is 0.341 e. The molecule has 0 spiro atoms. The molecule has 1 atom stereocenters. The van der Waals surface area contributed by atoms with Crippen LogP contribution >= 0.6 is 0 Å². The van der Waals surface area contributed by atoms with Crippen LogP contribution in [0.5, 0.6) is 0 Å². The van der Waals surface area contributed by atoms with E-state index < -0.39 is 5.97 Å². The van der Waals surface area contributed by atoms with Crippen LogP contribution in [0.15, 0.2) is 10.9 Å². The van der Waals surface area contributed by atoms with E-state index in [9.17, 15) is 9.59 Å². The first-order chi connectivity index (χ1) is 8.06. The van der Waals surface area contributed by atoms with Gasteiger partial charge in [0.2, 0.25) is 0 Å². The van der Waals surface area contributed by atoms with Crippen molar-refractivity contribution in [3.63, 3.8) is 0 Å². The minimum absolute atomic E-state index is 0.0636. The van der Waals surface area contributed by atoms with E-state index >= 15 is 0 Å². The summed E-state index contributed by atoms with van der Waals surface area (Å²) in [6.45, 7) is 3.97. The molecule has 1 aliphatic rings. The van der Waals surface area contributed by atoms with Gasteiger partial charge in [-0.3, -0.25) is 4.79 Å². The molecule has 0 radical (unpaired) electrons. The lowest BCUT2D eigenvalue weighted by atomic mass is 10.1. The summed E-state index contributed by atoms with van der Waals surface area (Å²) in [4.78, 5) is 23.2. The molecule has 4 nitrogen and oxygen atoms in total. The maximum atomic E-state index is 12.2. The van der Waals surface area contributed by atoms with Crippen LogP contribution in [0.3, 0.4) is 0 Å². The zero-order valence-electron chi connectivity index (χ0n) is 10.2. The summed E-state index contributed by atoms with van der Waals surface area (Å²) in [7, 11) is 0. The minimum Gasteiger partial charge on any atom is -0.477 e. The van der Waals surface area contributed by atoms with Crippen LogP contribution in [0.25, 0.3) is 0 Å². The molecule has 2 rings (SSSR count). The Morgan fingerprint density at radius 2 is 2.24 bits per heavy atom. The number of aromatic carboxylic acids is 1. The number of carboxylic acid groups (broad SMARTS) is 1. The molecule has 0 amide bonds. The average Bonchev–Trinajstić information content (AvgIpc) is 2.74. The third-order valence-electron chi connectivity index (χ3n) is 3.55. The van der Waals surface area contributed by atoms with E-state index in [1.54, 1.807) is 10.6 Å². The number of aryl methyl sites for hydroxylation is 1. The number of hydrogen-bond donors (Lipinski definition) is 1. The summed E-state index contributed by atoms with van der Waals surface area (Å²) < 4.78 is 1.69. The van der Waals surface area contributed by atoms with Crippen LogP contribution < -0.4 is 5.56 Å². The molecule has 1 aliphatic carbocycles. The van der Waals surface area contributed by atoms with Crippen molar-refractivity contribution >= 4 is 5.97 Å². The van der Waals surface area contributed by atoms with Crippen LogP contribution in [0, 0.1) is 0 Å². The SMILES string of the molecule is CCC(C)n1c2c(cc(C(=O)O)c1=O)CCC2. The first-order valence-electron chi connectivity index (χ1n) is 6.06. The van der Waals surface area contributed by atoms with E-state index in [2.05, 4.69) is 0 Å². The summed E-state index contributed by atoms with van der Waals surface area (Å²) >= 11 is 0. The number of rotatable bonds is 3. The van der Waals surface area contributed by atoms with Gasteiger partial charge in [-0.2, -0.15) is 0 Å². The Balaban J connectivity index is 2.71. The summed E-state index contributed by atoms with van der Waals surface area (Å²) in [6.07, 6.45) is 3.60. The molecule has 1 aromatic rings. The van der Waals surface area contributed by atoms with Gasteiger partial charge >= 0.3 is 5.97 Å². The van der Waals surface area contributed by atoms with Gasteiger partial charge in [0.25, 0.3) is 5.56 Å². The fourth-order valence-corrected chi connectivity index (χ4v) is 2.47. The van der Waals surface area contributed by atoms with Crippen LogP contribution in [-0.2, 0) is 12.8 Å². The number of carbonyl (C=O) groups is 1. The van der Waals surface area contributed by atoms with Crippen LogP contribution in [0.4, 0.5) is 0 Å². The number of aromatic nitrogens is 1. The first-order valence-corrected chi connectivity index (χ1v) is 6.06. The van der Waals surface area contributed by atoms with Crippen molar-refractivity contribution < 1.29 is 9.90 Å². The maximum Gasteiger partial charge on any atom is 0.341 e. The highest BCUT2D eigenvalue weighted by Crippen LogP contribution is 2.24. The molecular weight excluding hydrogens is 218 g/mol. The van der Waals surface area contributed by atoms with Crippen molar-refractivity contribution in [3.05, 3.63) is 33.2 Å². The van der Waals surface area contributed by atoms with E-state index in [1.165, 1.54) is 0 Å². The molecule has 4 heteroatoms. The van der Waals surface area contributed by atoms with Crippen molar-refractivity contribution in [1.29, 1.82) is 0 Å². The lowest BCUT2D eigenvalue weighted by molar-refractivity contribution is 0.0694. The second-order valence-corrected chi connectivity index (χ2v) is 4.62. The average molecular weight is 235 g/mol. The number of pyridine rings is 1. The number of hydrogen-bond acceptors (Lipinski definition) is 2. The zero-order chi connectivity index (χ0) is 12.6. The molecule has 0 saturated heterocycles. The van der Waals surface area contributed by atoms with Crippen molar-refractivity contribution in [2.24, 2.45) is 0 Å². The quantitative estimate of drug-likeness (QED) is 0.871. The number of nitrogens with zero attached hydrogens (tertiary/aromatic N) is 1. The molecular formula is C13H17NO3. The summed E-state index contributed by atoms with van der Waals surface area (Å²) in [5, 5.41) is 9.06. The molecule has 0 bridgehead atoms. The highest BCUT2D eigenvalue weighted by atomic mass is 16.4. The van der Waals surface area contributed by atoms with Gasteiger partial charge in [0.15, 0.2) is 0 Å². The van der Waals surface area contributed by atoms with Crippen LogP contribution in [0.2, 0.25) is 0 Å². The third-order valence-corrected chi connectivity index (χ3v) is 3.55. The second-order valence-electron chi connectivity index (χ2n) is 4.62. The topological polar surface area (TPSA) is 59.3 Å². The Labute approximate surface area is 99.9 Å². The Morgan fingerprint density at radius 3 is 2.82 bits per heavy atom. The minimum atomic E-state index is -1.12. The Kier molecular flexibility index (Phi) is 3.05. The van der Waals surface area contributed by atoms with Crippen molar-refractivity contribution in [1.82, 2.24) is 4.57 Å². The van der Waals surface area contributed by atoms with Crippen molar-refractivity contribution in [3.8, 4) is 0 Å². The molecule has 0 aromatic carbocycles. The summed E-state index contributed by atoms with van der Waals surface area (Å²) in [5.41, 5.74) is 1.62. The van der Waals surface area contributed by atoms with E-state index in [0.29, 0.717) is 0 Å². The van der Waals surface area contributed by atoms with Gasteiger partial charge in [-0.15, -0.1) is 0 Å². The Hall–Kier alpha value is -1.58. The third kappa shape index (κ3) is 1.88. The molecule has 92 valence electrons. The first kappa shape index (κ1) is 11.9. The summed E-state index contributed by atoms with van der Waals surface area (Å²) in [5.74, 6) is -1.12. The lowest BCUT2D eigenvalue weighted by Gasteiger charge is -2.18. The highest BCUT2D eigenvalue weighted by molar-refractivity contribution is 5.87. The molecule has 1 heterocycles. The molecule has 0 fully saturated rings. The molecule has 1 aromatic heterocycles. The zero-order valence-corrected chi connectivity index (χ0v) is 10.2. The van der Waals surface area contributed by atoms with Crippen LogP contribution in [-0.4, -0.2) is 15.6 Å².